The van der Waals surface area contributed by atoms with Gasteiger partial charge in [-0.3, -0.25) is 10.1 Å². The molecule has 21 heavy (non-hydrogen) atoms. The number of piperidine rings is 1. The van der Waals surface area contributed by atoms with Crippen LogP contribution in [0, 0.1) is 5.92 Å². The Morgan fingerprint density at radius 3 is 2.62 bits per heavy atom. The zero-order chi connectivity index (χ0) is 14.8. The van der Waals surface area contributed by atoms with E-state index < -0.39 is 12.0 Å². The van der Waals surface area contributed by atoms with Crippen LogP contribution in [0.15, 0.2) is 47.1 Å². The van der Waals surface area contributed by atoms with Gasteiger partial charge in [0.1, 0.15) is 11.8 Å². The Hall–Kier alpha value is -2.07. The molecule has 2 N–H and O–H groups in total. The summed E-state index contributed by atoms with van der Waals surface area (Å²) in [6.07, 6.45) is 3.28. The number of hydrogen-bond acceptors (Lipinski definition) is 3. The van der Waals surface area contributed by atoms with Crippen LogP contribution in [0.5, 0.6) is 0 Å². The van der Waals surface area contributed by atoms with Gasteiger partial charge >= 0.3 is 5.97 Å². The highest BCUT2D eigenvalue weighted by atomic mass is 16.4. The largest absolute Gasteiger partial charge is 0.480 e. The molecule has 1 aromatic heterocycles. The number of nitrogens with one attached hydrogen (secondary N) is 1. The molecular weight excluding hydrogens is 266 g/mol. The van der Waals surface area contributed by atoms with Gasteiger partial charge < -0.3 is 9.52 Å². The van der Waals surface area contributed by atoms with Crippen LogP contribution in [-0.4, -0.2) is 17.1 Å². The zero-order valence-corrected chi connectivity index (χ0v) is 12.0. The minimum absolute atomic E-state index is 0.0884. The fourth-order valence-electron chi connectivity index (χ4n) is 2.98. The topological polar surface area (TPSA) is 62.5 Å². The Labute approximate surface area is 123 Å². The number of furan rings is 1. The molecule has 2 aromatic rings. The maximum atomic E-state index is 11.2. The van der Waals surface area contributed by atoms with Crippen LogP contribution in [0.4, 0.5) is 0 Å². The van der Waals surface area contributed by atoms with Crippen molar-refractivity contribution in [3.05, 3.63) is 48.2 Å². The number of hydrogen-bond donors (Lipinski definition) is 2. The molecule has 4 heteroatoms. The molecule has 0 spiro atoms. The van der Waals surface area contributed by atoms with Crippen molar-refractivity contribution in [2.45, 2.75) is 31.8 Å². The second kappa shape index (κ2) is 5.74. The van der Waals surface area contributed by atoms with E-state index in [2.05, 4.69) is 24.4 Å². The lowest BCUT2D eigenvalue weighted by atomic mass is 9.84. The average Bonchev–Trinajstić information content (AvgIpc) is 3.02. The molecule has 0 radical (unpaired) electrons. The molecule has 1 aliphatic heterocycles. The van der Waals surface area contributed by atoms with Crippen molar-refractivity contribution < 1.29 is 14.3 Å². The number of aliphatic carboxylic acids is 1. The van der Waals surface area contributed by atoms with Crippen molar-refractivity contribution >= 4 is 5.97 Å². The maximum absolute atomic E-state index is 11.2. The summed E-state index contributed by atoms with van der Waals surface area (Å²) in [6.45, 7) is 2.16. The first-order chi connectivity index (χ1) is 10.1. The van der Waals surface area contributed by atoms with Crippen LogP contribution in [0.3, 0.4) is 0 Å². The lowest BCUT2D eigenvalue weighted by Crippen LogP contribution is -2.45. The van der Waals surface area contributed by atoms with Crippen molar-refractivity contribution in [3.63, 3.8) is 0 Å². The quantitative estimate of drug-likeness (QED) is 0.906. The lowest BCUT2D eigenvalue weighted by molar-refractivity contribution is -0.140. The van der Waals surface area contributed by atoms with Crippen LogP contribution in [0.2, 0.25) is 0 Å². The van der Waals surface area contributed by atoms with Gasteiger partial charge in [-0.1, -0.05) is 31.2 Å². The SMILES string of the molecule is C[C@@H]1CCC(C(=O)O)N[C@H]1c1ccc(-c2ccco2)cc1. The summed E-state index contributed by atoms with van der Waals surface area (Å²) >= 11 is 0. The molecule has 3 atom stereocenters. The standard InChI is InChI=1S/C17H19NO3/c1-11-4-9-14(17(19)20)18-16(11)13-7-5-12(6-8-13)15-3-2-10-21-15/h2-3,5-8,10-11,14,16,18H,4,9H2,1H3,(H,19,20)/t11-,14?,16-/m1/s1. The molecule has 2 heterocycles. The van der Waals surface area contributed by atoms with Crippen LogP contribution < -0.4 is 5.32 Å². The van der Waals surface area contributed by atoms with Gasteiger partial charge in [0.05, 0.1) is 6.26 Å². The predicted octanol–water partition coefficient (Wildman–Crippen LogP) is 3.46. The highest BCUT2D eigenvalue weighted by Gasteiger charge is 2.31. The molecule has 0 saturated carbocycles. The number of benzene rings is 1. The summed E-state index contributed by atoms with van der Waals surface area (Å²) in [4.78, 5) is 11.2. The molecule has 0 aliphatic carbocycles. The third-order valence-electron chi connectivity index (χ3n) is 4.23. The molecule has 3 rings (SSSR count). The van der Waals surface area contributed by atoms with E-state index in [4.69, 9.17) is 4.42 Å². The van der Waals surface area contributed by atoms with Gasteiger partial charge in [0.15, 0.2) is 0 Å². The monoisotopic (exact) mass is 285 g/mol. The minimum atomic E-state index is -0.765. The fourth-order valence-corrected chi connectivity index (χ4v) is 2.98. The number of carbonyl (C=O) groups is 1. The van der Waals surface area contributed by atoms with E-state index in [0.717, 1.165) is 23.3 Å². The van der Waals surface area contributed by atoms with E-state index in [1.54, 1.807) is 6.26 Å². The summed E-state index contributed by atoms with van der Waals surface area (Å²) in [5.74, 6) is 0.504. The van der Waals surface area contributed by atoms with Gasteiger partial charge in [0, 0.05) is 11.6 Å². The summed E-state index contributed by atoms with van der Waals surface area (Å²) in [5.41, 5.74) is 2.16. The van der Waals surface area contributed by atoms with Gasteiger partial charge in [-0.2, -0.15) is 0 Å². The molecule has 0 bridgehead atoms. The highest BCUT2D eigenvalue weighted by Crippen LogP contribution is 2.32. The molecule has 1 aromatic carbocycles. The van der Waals surface area contributed by atoms with Crippen molar-refractivity contribution in [1.29, 1.82) is 0 Å². The zero-order valence-electron chi connectivity index (χ0n) is 12.0. The second-order valence-electron chi connectivity index (χ2n) is 5.69. The molecule has 110 valence electrons. The van der Waals surface area contributed by atoms with E-state index in [0.29, 0.717) is 12.3 Å². The van der Waals surface area contributed by atoms with E-state index in [9.17, 15) is 9.90 Å². The Morgan fingerprint density at radius 2 is 2.00 bits per heavy atom. The first-order valence-electron chi connectivity index (χ1n) is 7.28. The summed E-state index contributed by atoms with van der Waals surface area (Å²) in [7, 11) is 0. The smallest absolute Gasteiger partial charge is 0.320 e. The second-order valence-corrected chi connectivity index (χ2v) is 5.69. The first kappa shape index (κ1) is 13.9. The third-order valence-corrected chi connectivity index (χ3v) is 4.23. The van der Waals surface area contributed by atoms with Crippen LogP contribution in [0.1, 0.15) is 31.4 Å². The van der Waals surface area contributed by atoms with Crippen LogP contribution in [-0.2, 0) is 4.79 Å². The average molecular weight is 285 g/mol. The minimum Gasteiger partial charge on any atom is -0.480 e. The van der Waals surface area contributed by atoms with Crippen molar-refractivity contribution in [2.24, 2.45) is 5.92 Å². The van der Waals surface area contributed by atoms with Crippen LogP contribution >= 0.6 is 0 Å². The third kappa shape index (κ3) is 2.85. The molecule has 1 aliphatic rings. The van der Waals surface area contributed by atoms with Gasteiger partial charge in [-0.15, -0.1) is 0 Å². The normalized spacial score (nSPS) is 25.7. The Morgan fingerprint density at radius 1 is 1.24 bits per heavy atom. The van der Waals surface area contributed by atoms with Crippen molar-refractivity contribution in [2.75, 3.05) is 0 Å². The van der Waals surface area contributed by atoms with E-state index >= 15 is 0 Å². The molecule has 1 unspecified atom stereocenters. The summed E-state index contributed by atoms with van der Waals surface area (Å²) < 4.78 is 5.38. The molecular formula is C17H19NO3. The molecule has 4 nitrogen and oxygen atoms in total. The van der Waals surface area contributed by atoms with Gasteiger partial charge in [0.2, 0.25) is 0 Å². The lowest BCUT2D eigenvalue weighted by Gasteiger charge is -2.34. The van der Waals surface area contributed by atoms with E-state index in [1.165, 1.54) is 0 Å². The molecule has 1 fully saturated rings. The molecule has 1 saturated heterocycles. The van der Waals surface area contributed by atoms with Gasteiger partial charge in [-0.25, -0.2) is 0 Å². The van der Waals surface area contributed by atoms with E-state index in [1.807, 2.05) is 24.3 Å². The Bertz CT molecular complexity index is 603. The first-order valence-corrected chi connectivity index (χ1v) is 7.28. The summed E-state index contributed by atoms with van der Waals surface area (Å²) in [5, 5.41) is 12.4. The van der Waals surface area contributed by atoms with Gasteiger partial charge in [0.25, 0.3) is 0 Å². The van der Waals surface area contributed by atoms with Crippen molar-refractivity contribution in [3.8, 4) is 11.3 Å². The number of rotatable bonds is 3. The van der Waals surface area contributed by atoms with Gasteiger partial charge in [-0.05, 0) is 36.5 Å². The van der Waals surface area contributed by atoms with Crippen LogP contribution in [0.25, 0.3) is 11.3 Å². The maximum Gasteiger partial charge on any atom is 0.320 e. The summed E-state index contributed by atoms with van der Waals surface area (Å²) in [6, 6.07) is 11.6. The fraction of sp³-hybridized carbons (Fsp3) is 0.353. The Kier molecular flexibility index (Phi) is 3.80. The van der Waals surface area contributed by atoms with Crippen molar-refractivity contribution in [1.82, 2.24) is 5.32 Å². The molecule has 0 amide bonds. The Balaban J connectivity index is 1.80. The highest BCUT2D eigenvalue weighted by molar-refractivity contribution is 5.73. The number of carboxylic acids is 1. The van der Waals surface area contributed by atoms with E-state index in [-0.39, 0.29) is 6.04 Å². The predicted molar refractivity (Wildman–Crippen MR) is 79.8 cm³/mol. The number of carboxylic acid groups (broad SMARTS) is 1.